The van der Waals surface area contributed by atoms with E-state index in [-0.39, 0.29) is 15.8 Å². The summed E-state index contributed by atoms with van der Waals surface area (Å²) < 4.78 is 0. The monoisotopic (exact) mass is 421 g/mol. The molecule has 2 aliphatic rings. The molecule has 0 aliphatic carbocycles. The smallest absolute Gasteiger partial charge is 0.250 e. The van der Waals surface area contributed by atoms with Gasteiger partial charge in [-0.05, 0) is 43.4 Å². The first-order chi connectivity index (χ1) is 13.6. The van der Waals surface area contributed by atoms with Crippen LogP contribution in [0.4, 0.5) is 17.8 Å². The Morgan fingerprint density at radius 1 is 0.893 bits per heavy atom. The lowest BCUT2D eigenvalue weighted by atomic mass is 10.2. The Balaban J connectivity index is 1.55. The molecule has 0 spiro atoms. The molecule has 0 radical (unpaired) electrons. The molecule has 10 heteroatoms. The topological polar surface area (TPSA) is 89.8 Å². The Bertz CT molecular complexity index is 823. The number of aromatic nitrogens is 3. The van der Waals surface area contributed by atoms with E-state index in [0.717, 1.165) is 51.9 Å². The molecule has 2 aromatic rings. The molecule has 3 heterocycles. The zero-order chi connectivity index (χ0) is 19.5. The van der Waals surface area contributed by atoms with Crippen molar-refractivity contribution in [3.8, 4) is 5.75 Å². The molecular formula is C18H21Cl2N7O. The molecule has 1 aromatic carbocycles. The average molecular weight is 422 g/mol. The summed E-state index contributed by atoms with van der Waals surface area (Å²) in [5.41, 5.74) is 3.53. The van der Waals surface area contributed by atoms with Crippen molar-refractivity contribution in [2.75, 3.05) is 41.4 Å². The van der Waals surface area contributed by atoms with Crippen molar-refractivity contribution in [1.29, 1.82) is 0 Å². The van der Waals surface area contributed by atoms with Crippen LogP contribution in [-0.2, 0) is 0 Å². The molecule has 0 bridgehead atoms. The second-order valence-electron chi connectivity index (χ2n) is 6.85. The minimum absolute atomic E-state index is 0.142. The molecular weight excluding hydrogens is 401 g/mol. The Morgan fingerprint density at radius 2 is 1.39 bits per heavy atom. The summed E-state index contributed by atoms with van der Waals surface area (Å²) >= 11 is 11.9. The van der Waals surface area contributed by atoms with Crippen LogP contribution in [0.1, 0.15) is 31.2 Å². The molecule has 0 amide bonds. The fraction of sp³-hybridized carbons (Fsp3) is 0.444. The molecule has 2 fully saturated rings. The van der Waals surface area contributed by atoms with E-state index < -0.39 is 0 Å². The van der Waals surface area contributed by atoms with Gasteiger partial charge < -0.3 is 14.9 Å². The second-order valence-corrected chi connectivity index (χ2v) is 7.66. The first-order valence-electron chi connectivity index (χ1n) is 9.33. The number of nitrogens with zero attached hydrogens (tertiary/aromatic N) is 6. The van der Waals surface area contributed by atoms with Gasteiger partial charge in [-0.3, -0.25) is 0 Å². The van der Waals surface area contributed by atoms with Crippen molar-refractivity contribution in [3.05, 3.63) is 27.7 Å². The first-order valence-corrected chi connectivity index (χ1v) is 10.1. The van der Waals surface area contributed by atoms with Crippen molar-refractivity contribution in [3.63, 3.8) is 0 Å². The lowest BCUT2D eigenvalue weighted by Crippen LogP contribution is -2.25. The number of halogens is 2. The van der Waals surface area contributed by atoms with Gasteiger partial charge in [-0.25, -0.2) is 5.43 Å². The molecule has 2 aliphatic heterocycles. The van der Waals surface area contributed by atoms with Crippen molar-refractivity contribution < 1.29 is 5.11 Å². The summed E-state index contributed by atoms with van der Waals surface area (Å²) in [6.07, 6.45) is 6.14. The van der Waals surface area contributed by atoms with E-state index in [1.54, 1.807) is 18.3 Å². The van der Waals surface area contributed by atoms with Crippen LogP contribution in [0.2, 0.25) is 10.0 Å². The number of nitrogens with one attached hydrogen (secondary N) is 1. The number of aromatic hydroxyl groups is 1. The third-order valence-corrected chi connectivity index (χ3v) is 5.38. The lowest BCUT2D eigenvalue weighted by molar-refractivity contribution is 0.476. The SMILES string of the molecule is Oc1c(Cl)cc(/C=N\Nc2nc(N3CCCC3)nc(N3CCCC3)n2)cc1Cl. The summed E-state index contributed by atoms with van der Waals surface area (Å²) in [4.78, 5) is 18.1. The number of anilines is 3. The molecule has 28 heavy (non-hydrogen) atoms. The molecule has 148 valence electrons. The quantitative estimate of drug-likeness (QED) is 0.563. The number of hydrogen-bond acceptors (Lipinski definition) is 8. The van der Waals surface area contributed by atoms with Crippen LogP contribution in [0, 0.1) is 0 Å². The van der Waals surface area contributed by atoms with Gasteiger partial charge in [0.2, 0.25) is 17.8 Å². The molecule has 0 saturated carbocycles. The number of benzene rings is 1. The van der Waals surface area contributed by atoms with Crippen LogP contribution in [-0.4, -0.2) is 52.5 Å². The fourth-order valence-electron chi connectivity index (χ4n) is 3.35. The van der Waals surface area contributed by atoms with Gasteiger partial charge in [0, 0.05) is 26.2 Å². The normalized spacial score (nSPS) is 17.1. The highest BCUT2D eigenvalue weighted by Gasteiger charge is 2.21. The lowest BCUT2D eigenvalue weighted by Gasteiger charge is -2.20. The van der Waals surface area contributed by atoms with Gasteiger partial charge in [-0.15, -0.1) is 0 Å². The van der Waals surface area contributed by atoms with Gasteiger partial charge in [0.05, 0.1) is 16.3 Å². The number of hydrogen-bond donors (Lipinski definition) is 2. The third-order valence-electron chi connectivity index (χ3n) is 4.81. The van der Waals surface area contributed by atoms with Gasteiger partial charge >= 0.3 is 0 Å². The van der Waals surface area contributed by atoms with Crippen LogP contribution in [0.5, 0.6) is 5.75 Å². The van der Waals surface area contributed by atoms with Gasteiger partial charge in [-0.1, -0.05) is 23.2 Å². The Hall–Kier alpha value is -2.32. The summed E-state index contributed by atoms with van der Waals surface area (Å²) in [7, 11) is 0. The predicted octanol–water partition coefficient (Wildman–Crippen LogP) is 3.53. The molecule has 4 rings (SSSR count). The minimum Gasteiger partial charge on any atom is -0.505 e. The van der Waals surface area contributed by atoms with Crippen molar-refractivity contribution >= 4 is 47.3 Å². The number of rotatable bonds is 5. The molecule has 2 saturated heterocycles. The van der Waals surface area contributed by atoms with Gasteiger partial charge in [0.1, 0.15) is 0 Å². The van der Waals surface area contributed by atoms with E-state index in [1.807, 2.05) is 0 Å². The van der Waals surface area contributed by atoms with Gasteiger partial charge in [-0.2, -0.15) is 20.1 Å². The highest BCUT2D eigenvalue weighted by Crippen LogP contribution is 2.32. The van der Waals surface area contributed by atoms with E-state index in [0.29, 0.717) is 23.4 Å². The van der Waals surface area contributed by atoms with Crippen LogP contribution >= 0.6 is 23.2 Å². The first kappa shape index (κ1) is 19.0. The van der Waals surface area contributed by atoms with Crippen molar-refractivity contribution in [2.45, 2.75) is 25.7 Å². The van der Waals surface area contributed by atoms with Gasteiger partial charge in [0.25, 0.3) is 0 Å². The summed E-state index contributed by atoms with van der Waals surface area (Å²) in [6.45, 7) is 3.82. The molecule has 2 N–H and O–H groups in total. The maximum absolute atomic E-state index is 9.64. The van der Waals surface area contributed by atoms with Crippen LogP contribution in [0.15, 0.2) is 17.2 Å². The largest absolute Gasteiger partial charge is 0.505 e. The predicted molar refractivity (Wildman–Crippen MR) is 112 cm³/mol. The van der Waals surface area contributed by atoms with Gasteiger partial charge in [0.15, 0.2) is 5.75 Å². The minimum atomic E-state index is -0.142. The zero-order valence-corrected chi connectivity index (χ0v) is 16.8. The molecule has 0 unspecified atom stereocenters. The Kier molecular flexibility index (Phi) is 5.68. The molecule has 1 aromatic heterocycles. The second kappa shape index (κ2) is 8.36. The number of phenolic OH excluding ortho intramolecular Hbond substituents is 1. The highest BCUT2D eigenvalue weighted by molar-refractivity contribution is 6.37. The highest BCUT2D eigenvalue weighted by atomic mass is 35.5. The number of phenols is 1. The number of hydrazone groups is 1. The maximum Gasteiger partial charge on any atom is 0.250 e. The maximum atomic E-state index is 9.64. The van der Waals surface area contributed by atoms with E-state index >= 15 is 0 Å². The van der Waals surface area contributed by atoms with Crippen LogP contribution in [0.3, 0.4) is 0 Å². The standard InChI is InChI=1S/C18H21Cl2N7O/c19-13-9-12(10-14(20)15(13)28)11-21-25-16-22-17(26-5-1-2-6-26)24-18(23-16)27-7-3-4-8-27/h9-11,28H,1-8H2,(H,22,23,24,25)/b21-11-. The van der Waals surface area contributed by atoms with E-state index in [2.05, 4.69) is 35.3 Å². The average Bonchev–Trinajstić information content (AvgIpc) is 3.39. The van der Waals surface area contributed by atoms with Crippen LogP contribution < -0.4 is 15.2 Å². The summed E-state index contributed by atoms with van der Waals surface area (Å²) in [5, 5.41) is 14.2. The Labute approximate surface area is 173 Å². The molecule has 8 nitrogen and oxygen atoms in total. The van der Waals surface area contributed by atoms with Crippen molar-refractivity contribution in [1.82, 2.24) is 15.0 Å². The van der Waals surface area contributed by atoms with Crippen LogP contribution in [0.25, 0.3) is 0 Å². The zero-order valence-electron chi connectivity index (χ0n) is 15.3. The van der Waals surface area contributed by atoms with E-state index in [9.17, 15) is 5.11 Å². The fourth-order valence-corrected chi connectivity index (χ4v) is 3.85. The Morgan fingerprint density at radius 3 is 1.89 bits per heavy atom. The summed E-state index contributed by atoms with van der Waals surface area (Å²) in [6, 6.07) is 3.15. The van der Waals surface area contributed by atoms with E-state index in [1.165, 1.54) is 0 Å². The third kappa shape index (κ3) is 4.23. The summed E-state index contributed by atoms with van der Waals surface area (Å²) in [5.74, 6) is 1.62. The molecule has 0 atom stereocenters. The van der Waals surface area contributed by atoms with Crippen molar-refractivity contribution in [2.24, 2.45) is 5.10 Å². The van der Waals surface area contributed by atoms with E-state index in [4.69, 9.17) is 23.2 Å².